The Morgan fingerprint density at radius 1 is 1.00 bits per heavy atom. The number of hydrogen-bond acceptors (Lipinski definition) is 5. The number of nitrogens with one attached hydrogen (secondary N) is 1. The first kappa shape index (κ1) is 25.5. The molecule has 1 aliphatic heterocycles. The number of carbonyl (C=O) groups excluding carboxylic acids is 1. The fraction of sp³-hybridized carbons (Fsp3) is 0.586. The van der Waals surface area contributed by atoms with Gasteiger partial charge in [0.25, 0.3) is 0 Å². The highest BCUT2D eigenvalue weighted by atomic mass is 16.5. The van der Waals surface area contributed by atoms with Crippen molar-refractivity contribution in [3.63, 3.8) is 0 Å². The van der Waals surface area contributed by atoms with Crippen molar-refractivity contribution in [3.05, 3.63) is 42.1 Å². The van der Waals surface area contributed by atoms with Crippen LogP contribution in [0.1, 0.15) is 64.0 Å². The monoisotopic (exact) mass is 479 g/mol. The maximum atomic E-state index is 12.6. The topological polar surface area (TPSA) is 63.7 Å². The molecule has 2 aromatic rings. The Morgan fingerprint density at radius 2 is 1.77 bits per heavy atom. The van der Waals surface area contributed by atoms with E-state index in [0.29, 0.717) is 19.1 Å². The molecule has 35 heavy (non-hydrogen) atoms. The predicted octanol–water partition coefficient (Wildman–Crippen LogP) is 5.25. The van der Waals surface area contributed by atoms with Crippen molar-refractivity contribution in [2.45, 2.75) is 64.7 Å². The zero-order valence-electron chi connectivity index (χ0n) is 21.3. The number of aromatic nitrogens is 1. The van der Waals surface area contributed by atoms with Gasteiger partial charge in [0, 0.05) is 18.7 Å². The van der Waals surface area contributed by atoms with E-state index in [1.54, 1.807) is 0 Å². The Labute approximate surface area is 210 Å². The molecule has 190 valence electrons. The molecule has 1 N–H and O–H groups in total. The van der Waals surface area contributed by atoms with E-state index in [1.165, 1.54) is 44.9 Å². The van der Waals surface area contributed by atoms with Gasteiger partial charge < -0.3 is 14.8 Å². The number of ether oxygens (including phenoxy) is 2. The molecule has 1 aromatic heterocycles. The summed E-state index contributed by atoms with van der Waals surface area (Å²) in [5.74, 6) is 2.26. The van der Waals surface area contributed by atoms with Crippen LogP contribution in [0.15, 0.2) is 36.4 Å². The zero-order valence-corrected chi connectivity index (χ0v) is 21.3. The molecule has 2 fully saturated rings. The Morgan fingerprint density at radius 3 is 2.51 bits per heavy atom. The molecule has 0 atom stereocenters. The highest BCUT2D eigenvalue weighted by Crippen LogP contribution is 2.30. The summed E-state index contributed by atoms with van der Waals surface area (Å²) in [5, 5.41) is 3.09. The number of piperidine rings is 1. The lowest BCUT2D eigenvalue weighted by Gasteiger charge is -2.26. The molecular formula is C29H41N3O3. The Balaban J connectivity index is 1.40. The van der Waals surface area contributed by atoms with Crippen molar-refractivity contribution in [3.8, 4) is 22.8 Å². The van der Waals surface area contributed by atoms with Crippen LogP contribution in [0.2, 0.25) is 0 Å². The van der Waals surface area contributed by atoms with Crippen LogP contribution >= 0.6 is 0 Å². The minimum Gasteiger partial charge on any atom is -0.494 e. The van der Waals surface area contributed by atoms with Gasteiger partial charge in [-0.15, -0.1) is 0 Å². The summed E-state index contributed by atoms with van der Waals surface area (Å²) in [4.78, 5) is 19.8. The van der Waals surface area contributed by atoms with Crippen LogP contribution < -0.4 is 14.8 Å². The summed E-state index contributed by atoms with van der Waals surface area (Å²) in [6.07, 6.45) is 10.5. The van der Waals surface area contributed by atoms with E-state index in [4.69, 9.17) is 14.5 Å². The second-order valence-corrected chi connectivity index (χ2v) is 9.83. The maximum Gasteiger partial charge on any atom is 0.226 e. The smallest absolute Gasteiger partial charge is 0.226 e. The summed E-state index contributed by atoms with van der Waals surface area (Å²) >= 11 is 0. The van der Waals surface area contributed by atoms with Gasteiger partial charge in [-0.1, -0.05) is 44.2 Å². The second kappa shape index (κ2) is 13.5. The van der Waals surface area contributed by atoms with Crippen molar-refractivity contribution >= 4 is 5.91 Å². The van der Waals surface area contributed by atoms with E-state index in [2.05, 4.69) is 10.2 Å². The van der Waals surface area contributed by atoms with E-state index >= 15 is 0 Å². The summed E-state index contributed by atoms with van der Waals surface area (Å²) in [5.41, 5.74) is 2.71. The first-order chi connectivity index (χ1) is 17.2. The van der Waals surface area contributed by atoms with E-state index in [0.717, 1.165) is 61.1 Å². The van der Waals surface area contributed by atoms with Crippen LogP contribution in [-0.4, -0.2) is 55.2 Å². The third-order valence-corrected chi connectivity index (χ3v) is 7.18. The molecule has 2 heterocycles. The van der Waals surface area contributed by atoms with Gasteiger partial charge in [-0.2, -0.15) is 0 Å². The minimum atomic E-state index is 0.0311. The lowest BCUT2D eigenvalue weighted by atomic mass is 10.0. The molecule has 4 rings (SSSR count). The van der Waals surface area contributed by atoms with Crippen LogP contribution in [0.25, 0.3) is 11.1 Å². The van der Waals surface area contributed by atoms with Crippen LogP contribution in [-0.2, 0) is 11.2 Å². The summed E-state index contributed by atoms with van der Waals surface area (Å²) in [7, 11) is 0. The molecular weight excluding hydrogens is 438 g/mol. The second-order valence-electron chi connectivity index (χ2n) is 9.83. The van der Waals surface area contributed by atoms with E-state index in [9.17, 15) is 4.79 Å². The van der Waals surface area contributed by atoms with E-state index < -0.39 is 0 Å². The number of likely N-dealkylation sites (tertiary alicyclic amines) is 1. The lowest BCUT2D eigenvalue weighted by molar-refractivity contribution is -0.120. The molecule has 0 unspecified atom stereocenters. The normalized spacial score (nSPS) is 16.8. The number of amides is 1. The van der Waals surface area contributed by atoms with Gasteiger partial charge in [0.05, 0.1) is 18.7 Å². The standard InChI is InChI=1S/C29H41N3O3/c1-2-34-26-13-10-24(11-14-26)27-15-12-25(22-28(33)30-17-16-23-8-4-5-9-23)31-29(27)35-21-20-32-18-6-3-7-19-32/h10-15,23H,2-9,16-22H2,1H3,(H,30,33). The van der Waals surface area contributed by atoms with E-state index in [-0.39, 0.29) is 12.3 Å². The van der Waals surface area contributed by atoms with Gasteiger partial charge in [0.2, 0.25) is 11.8 Å². The number of benzene rings is 1. The maximum absolute atomic E-state index is 12.6. The third-order valence-electron chi connectivity index (χ3n) is 7.18. The lowest BCUT2D eigenvalue weighted by Crippen LogP contribution is -2.33. The summed E-state index contributed by atoms with van der Waals surface area (Å²) in [6, 6.07) is 12.0. The fourth-order valence-corrected chi connectivity index (χ4v) is 5.20. The molecule has 1 amide bonds. The zero-order chi connectivity index (χ0) is 24.3. The molecule has 0 bridgehead atoms. The van der Waals surface area contributed by atoms with Crippen LogP contribution in [0, 0.1) is 5.92 Å². The number of rotatable bonds is 12. The van der Waals surface area contributed by atoms with E-state index in [1.807, 2.05) is 43.3 Å². The van der Waals surface area contributed by atoms with Crippen molar-refractivity contribution < 1.29 is 14.3 Å². The average Bonchev–Trinajstić information content (AvgIpc) is 3.39. The van der Waals surface area contributed by atoms with Gasteiger partial charge in [-0.3, -0.25) is 9.69 Å². The molecule has 2 aliphatic rings. The molecule has 1 saturated carbocycles. The highest BCUT2D eigenvalue weighted by Gasteiger charge is 2.16. The van der Waals surface area contributed by atoms with Gasteiger partial charge in [-0.05, 0) is 75.0 Å². The number of hydrogen-bond donors (Lipinski definition) is 1. The Kier molecular flexibility index (Phi) is 9.82. The first-order valence-electron chi connectivity index (χ1n) is 13.6. The van der Waals surface area contributed by atoms with Crippen LogP contribution in [0.3, 0.4) is 0 Å². The third kappa shape index (κ3) is 7.96. The molecule has 1 saturated heterocycles. The molecule has 1 aliphatic carbocycles. The van der Waals surface area contributed by atoms with Crippen molar-refractivity contribution in [1.82, 2.24) is 15.2 Å². The Bertz CT molecular complexity index is 919. The molecule has 6 nitrogen and oxygen atoms in total. The SMILES string of the molecule is CCOc1ccc(-c2ccc(CC(=O)NCCC3CCCC3)nc2OCCN2CCCCC2)cc1. The predicted molar refractivity (Wildman–Crippen MR) is 140 cm³/mol. The molecule has 0 radical (unpaired) electrons. The quantitative estimate of drug-likeness (QED) is 0.450. The first-order valence-corrected chi connectivity index (χ1v) is 13.6. The van der Waals surface area contributed by atoms with Crippen molar-refractivity contribution in [2.75, 3.05) is 39.4 Å². The summed E-state index contributed by atoms with van der Waals surface area (Å²) in [6.45, 7) is 7.16. The van der Waals surface area contributed by atoms with Crippen molar-refractivity contribution in [1.29, 1.82) is 0 Å². The summed E-state index contributed by atoms with van der Waals surface area (Å²) < 4.78 is 11.8. The largest absolute Gasteiger partial charge is 0.494 e. The molecule has 1 aromatic carbocycles. The van der Waals surface area contributed by atoms with Crippen LogP contribution in [0.4, 0.5) is 0 Å². The highest BCUT2D eigenvalue weighted by molar-refractivity contribution is 5.78. The Hall–Kier alpha value is -2.60. The number of nitrogens with zero attached hydrogens (tertiary/aromatic N) is 2. The van der Waals surface area contributed by atoms with Gasteiger partial charge in [0.15, 0.2) is 0 Å². The molecule has 0 spiro atoms. The number of pyridine rings is 1. The minimum absolute atomic E-state index is 0.0311. The average molecular weight is 480 g/mol. The fourth-order valence-electron chi connectivity index (χ4n) is 5.20. The molecule has 6 heteroatoms. The van der Waals surface area contributed by atoms with Gasteiger partial charge >= 0.3 is 0 Å². The van der Waals surface area contributed by atoms with Crippen LogP contribution in [0.5, 0.6) is 11.6 Å². The van der Waals surface area contributed by atoms with Gasteiger partial charge in [0.1, 0.15) is 12.4 Å². The van der Waals surface area contributed by atoms with Crippen molar-refractivity contribution in [2.24, 2.45) is 5.92 Å². The van der Waals surface area contributed by atoms with Gasteiger partial charge in [-0.25, -0.2) is 4.98 Å². The number of carbonyl (C=O) groups is 1.